The summed E-state index contributed by atoms with van der Waals surface area (Å²) in [6.45, 7) is 7.98. The van der Waals surface area contributed by atoms with Gasteiger partial charge in [0.2, 0.25) is 0 Å². The Kier molecular flexibility index (Phi) is 5.90. The monoisotopic (exact) mass is 230 g/mol. The van der Waals surface area contributed by atoms with Crippen molar-refractivity contribution in [1.82, 2.24) is 0 Å². The highest BCUT2D eigenvalue weighted by atomic mass is 15.0. The highest BCUT2D eigenvalue weighted by Gasteiger charge is 2.27. The molecule has 98 valence electrons. The minimum Gasteiger partial charge on any atom is -0.314 e. The van der Waals surface area contributed by atoms with Crippen molar-refractivity contribution in [2.75, 3.05) is 0 Å². The average molecular weight is 230 g/mol. The maximum Gasteiger partial charge on any atom is 0.0636 e. The zero-order valence-corrected chi connectivity index (χ0v) is 11.3. The molecule has 0 bridgehead atoms. The van der Waals surface area contributed by atoms with E-state index in [0.717, 1.165) is 25.7 Å². The Morgan fingerprint density at radius 3 is 1.69 bits per heavy atom. The summed E-state index contributed by atoms with van der Waals surface area (Å²) < 4.78 is 0. The van der Waals surface area contributed by atoms with E-state index in [2.05, 4.69) is 13.8 Å². The first-order valence-corrected chi connectivity index (χ1v) is 6.24. The summed E-state index contributed by atoms with van der Waals surface area (Å²) in [4.78, 5) is 0. The summed E-state index contributed by atoms with van der Waals surface area (Å²) in [5, 5.41) is 0. The lowest BCUT2D eigenvalue weighted by molar-refractivity contribution is 0.222. The van der Waals surface area contributed by atoms with Crippen LogP contribution in [0.3, 0.4) is 0 Å². The lowest BCUT2D eigenvalue weighted by Crippen LogP contribution is -2.54. The first kappa shape index (κ1) is 15.8. The fourth-order valence-corrected chi connectivity index (χ4v) is 1.88. The predicted molar refractivity (Wildman–Crippen MR) is 70.4 cm³/mol. The fraction of sp³-hybridized carbons (Fsp3) is 1.00. The maximum absolute atomic E-state index is 5.98. The first-order valence-electron chi connectivity index (χ1n) is 6.24. The number of nitrogens with two attached hydrogens (primary N) is 4. The van der Waals surface area contributed by atoms with Crippen molar-refractivity contribution < 1.29 is 0 Å². The number of hydrogen-bond donors (Lipinski definition) is 4. The SMILES string of the molecule is CCCC(CCC(C)C(C)(N)N)C(C)(N)N. The molecule has 2 unspecified atom stereocenters. The molecule has 0 aromatic rings. The van der Waals surface area contributed by atoms with Gasteiger partial charge < -0.3 is 22.9 Å². The van der Waals surface area contributed by atoms with Gasteiger partial charge in [0.25, 0.3) is 0 Å². The van der Waals surface area contributed by atoms with Crippen LogP contribution in [0, 0.1) is 11.8 Å². The summed E-state index contributed by atoms with van der Waals surface area (Å²) in [7, 11) is 0. The van der Waals surface area contributed by atoms with Crippen LogP contribution >= 0.6 is 0 Å². The molecule has 4 heteroatoms. The second kappa shape index (κ2) is 5.96. The van der Waals surface area contributed by atoms with Crippen LogP contribution in [-0.2, 0) is 0 Å². The summed E-state index contributed by atoms with van der Waals surface area (Å²) in [5.41, 5.74) is 22.5. The van der Waals surface area contributed by atoms with Gasteiger partial charge in [0, 0.05) is 0 Å². The normalized spacial score (nSPS) is 17.2. The van der Waals surface area contributed by atoms with Gasteiger partial charge in [-0.2, -0.15) is 0 Å². The molecule has 0 saturated heterocycles. The molecule has 0 aromatic carbocycles. The third-order valence-electron chi connectivity index (χ3n) is 3.53. The van der Waals surface area contributed by atoms with Crippen molar-refractivity contribution in [2.45, 2.75) is 64.7 Å². The largest absolute Gasteiger partial charge is 0.314 e. The van der Waals surface area contributed by atoms with E-state index in [9.17, 15) is 0 Å². The molecule has 0 spiro atoms. The molecule has 0 saturated carbocycles. The highest BCUT2D eigenvalue weighted by Crippen LogP contribution is 2.25. The Balaban J connectivity index is 4.23. The molecular weight excluding hydrogens is 200 g/mol. The molecule has 16 heavy (non-hydrogen) atoms. The first-order chi connectivity index (χ1) is 7.09. The third-order valence-corrected chi connectivity index (χ3v) is 3.53. The van der Waals surface area contributed by atoms with Gasteiger partial charge in [0.1, 0.15) is 0 Å². The van der Waals surface area contributed by atoms with Crippen LogP contribution in [0.5, 0.6) is 0 Å². The summed E-state index contributed by atoms with van der Waals surface area (Å²) in [6.07, 6.45) is 4.12. The topological polar surface area (TPSA) is 104 Å². The van der Waals surface area contributed by atoms with Crippen LogP contribution in [-0.4, -0.2) is 11.3 Å². The molecule has 0 aromatic heterocycles. The van der Waals surface area contributed by atoms with Crippen LogP contribution in [0.2, 0.25) is 0 Å². The fourth-order valence-electron chi connectivity index (χ4n) is 1.88. The van der Waals surface area contributed by atoms with Crippen molar-refractivity contribution in [3.8, 4) is 0 Å². The minimum atomic E-state index is -0.615. The predicted octanol–water partition coefficient (Wildman–Crippen LogP) is 1.09. The van der Waals surface area contributed by atoms with Crippen LogP contribution in [0.25, 0.3) is 0 Å². The van der Waals surface area contributed by atoms with E-state index in [1.807, 2.05) is 13.8 Å². The van der Waals surface area contributed by atoms with Crippen molar-refractivity contribution in [3.63, 3.8) is 0 Å². The molecule has 0 rings (SSSR count). The summed E-state index contributed by atoms with van der Waals surface area (Å²) >= 11 is 0. The van der Waals surface area contributed by atoms with E-state index in [1.165, 1.54) is 0 Å². The Morgan fingerprint density at radius 2 is 1.38 bits per heavy atom. The molecular formula is C12H30N4. The van der Waals surface area contributed by atoms with E-state index in [0.29, 0.717) is 5.92 Å². The van der Waals surface area contributed by atoms with Crippen molar-refractivity contribution in [1.29, 1.82) is 0 Å². The zero-order chi connectivity index (χ0) is 13.0. The molecule has 0 aliphatic carbocycles. The summed E-state index contributed by atoms with van der Waals surface area (Å²) in [5.74, 6) is 0.608. The van der Waals surface area contributed by atoms with Gasteiger partial charge in [-0.1, -0.05) is 20.3 Å². The Labute approximate surface area is 100 Å². The molecule has 0 amide bonds. The van der Waals surface area contributed by atoms with Gasteiger partial charge in [-0.15, -0.1) is 0 Å². The van der Waals surface area contributed by atoms with Gasteiger partial charge in [0.05, 0.1) is 11.3 Å². The molecule has 4 nitrogen and oxygen atoms in total. The van der Waals surface area contributed by atoms with E-state index < -0.39 is 11.3 Å². The molecule has 0 fully saturated rings. The standard InChI is InChI=1S/C12H30N4/c1-5-6-10(12(4,15)16)8-7-9(2)11(3,13)14/h9-10H,5-8,13-16H2,1-4H3. The van der Waals surface area contributed by atoms with E-state index >= 15 is 0 Å². The smallest absolute Gasteiger partial charge is 0.0636 e. The van der Waals surface area contributed by atoms with E-state index in [-0.39, 0.29) is 5.92 Å². The highest BCUT2D eigenvalue weighted by molar-refractivity contribution is 4.83. The second-order valence-corrected chi connectivity index (χ2v) is 5.70. The van der Waals surface area contributed by atoms with E-state index in [4.69, 9.17) is 22.9 Å². The van der Waals surface area contributed by atoms with Gasteiger partial charge in [-0.25, -0.2) is 0 Å². The Bertz CT molecular complexity index is 190. The molecule has 0 heterocycles. The molecule has 0 radical (unpaired) electrons. The van der Waals surface area contributed by atoms with Crippen LogP contribution in [0.1, 0.15) is 53.4 Å². The summed E-state index contributed by atoms with van der Waals surface area (Å²) in [6, 6.07) is 0. The van der Waals surface area contributed by atoms with Gasteiger partial charge in [-0.3, -0.25) is 0 Å². The molecule has 2 atom stereocenters. The Hall–Kier alpha value is -0.160. The zero-order valence-electron chi connectivity index (χ0n) is 11.3. The lowest BCUT2D eigenvalue weighted by Gasteiger charge is -2.33. The minimum absolute atomic E-state index is 0.272. The average Bonchev–Trinajstić information content (AvgIpc) is 2.07. The van der Waals surface area contributed by atoms with Gasteiger partial charge in [0.15, 0.2) is 0 Å². The van der Waals surface area contributed by atoms with Crippen molar-refractivity contribution in [2.24, 2.45) is 34.8 Å². The molecule has 8 N–H and O–H groups in total. The van der Waals surface area contributed by atoms with Crippen LogP contribution in [0.4, 0.5) is 0 Å². The number of rotatable bonds is 7. The quantitative estimate of drug-likeness (QED) is 0.491. The van der Waals surface area contributed by atoms with Crippen molar-refractivity contribution in [3.05, 3.63) is 0 Å². The van der Waals surface area contributed by atoms with Crippen LogP contribution < -0.4 is 22.9 Å². The van der Waals surface area contributed by atoms with Crippen molar-refractivity contribution >= 4 is 0 Å². The Morgan fingerprint density at radius 1 is 0.875 bits per heavy atom. The third kappa shape index (κ3) is 5.80. The molecule has 0 aliphatic heterocycles. The van der Waals surface area contributed by atoms with Gasteiger partial charge in [-0.05, 0) is 44.9 Å². The number of hydrogen-bond acceptors (Lipinski definition) is 4. The second-order valence-electron chi connectivity index (χ2n) is 5.70. The van der Waals surface area contributed by atoms with Crippen LogP contribution in [0.15, 0.2) is 0 Å². The van der Waals surface area contributed by atoms with E-state index in [1.54, 1.807) is 0 Å². The maximum atomic E-state index is 5.98. The molecule has 0 aliphatic rings. The van der Waals surface area contributed by atoms with Gasteiger partial charge >= 0.3 is 0 Å². The lowest BCUT2D eigenvalue weighted by atomic mass is 9.82.